The molecule has 0 saturated carbocycles. The van der Waals surface area contributed by atoms with Gasteiger partial charge in [-0.2, -0.15) is 0 Å². The molecule has 152 valence electrons. The first-order valence-corrected chi connectivity index (χ1v) is 10.0. The quantitative estimate of drug-likeness (QED) is 0.450. The standard InChI is InChI=1S/C23H24N6O/c1-15(2)17-5-9-19(10-6-17)28-13-21(24-26-28)23(30)22-14-29(27-25-22)20-11-7-18(8-12-20)16(3)4/h5-16H,1-4H3. The first-order chi connectivity index (χ1) is 14.4. The fourth-order valence-electron chi connectivity index (χ4n) is 3.14. The number of ketones is 1. The van der Waals surface area contributed by atoms with E-state index in [1.54, 1.807) is 21.8 Å². The third kappa shape index (κ3) is 3.91. The van der Waals surface area contributed by atoms with E-state index in [1.807, 2.05) is 24.3 Å². The Bertz CT molecular complexity index is 1060. The van der Waals surface area contributed by atoms with E-state index in [-0.39, 0.29) is 17.2 Å². The summed E-state index contributed by atoms with van der Waals surface area (Å²) in [6.07, 6.45) is 3.23. The Hall–Kier alpha value is -3.61. The van der Waals surface area contributed by atoms with Crippen molar-refractivity contribution in [3.63, 3.8) is 0 Å². The maximum atomic E-state index is 12.8. The maximum absolute atomic E-state index is 12.8. The van der Waals surface area contributed by atoms with Gasteiger partial charge >= 0.3 is 0 Å². The van der Waals surface area contributed by atoms with Crippen molar-refractivity contribution >= 4 is 5.78 Å². The van der Waals surface area contributed by atoms with Gasteiger partial charge in [-0.25, -0.2) is 9.36 Å². The number of benzene rings is 2. The van der Waals surface area contributed by atoms with Gasteiger partial charge in [0, 0.05) is 0 Å². The smallest absolute Gasteiger partial charge is 0.236 e. The van der Waals surface area contributed by atoms with Crippen molar-refractivity contribution in [2.45, 2.75) is 39.5 Å². The van der Waals surface area contributed by atoms with E-state index in [0.717, 1.165) is 11.4 Å². The Morgan fingerprint density at radius 2 is 1.03 bits per heavy atom. The molecule has 0 spiro atoms. The van der Waals surface area contributed by atoms with Crippen LogP contribution in [0.25, 0.3) is 11.4 Å². The Labute approximate surface area is 175 Å². The molecule has 7 nitrogen and oxygen atoms in total. The molecule has 2 aromatic heterocycles. The highest BCUT2D eigenvalue weighted by Crippen LogP contribution is 2.18. The number of aromatic nitrogens is 6. The molecule has 7 heteroatoms. The second-order valence-corrected chi connectivity index (χ2v) is 7.92. The highest BCUT2D eigenvalue weighted by molar-refractivity contribution is 6.05. The molecular formula is C23H24N6O. The van der Waals surface area contributed by atoms with Crippen LogP contribution in [0, 0.1) is 0 Å². The zero-order valence-electron chi connectivity index (χ0n) is 17.5. The zero-order valence-corrected chi connectivity index (χ0v) is 17.5. The summed E-state index contributed by atoms with van der Waals surface area (Å²) < 4.78 is 3.18. The molecule has 0 fully saturated rings. The monoisotopic (exact) mass is 400 g/mol. The van der Waals surface area contributed by atoms with Crippen molar-refractivity contribution in [2.24, 2.45) is 0 Å². The molecule has 0 atom stereocenters. The molecule has 0 aliphatic rings. The minimum Gasteiger partial charge on any atom is -0.285 e. The second kappa shape index (κ2) is 8.02. The van der Waals surface area contributed by atoms with Gasteiger partial charge in [-0.15, -0.1) is 10.2 Å². The molecule has 0 unspecified atom stereocenters. The Balaban J connectivity index is 1.53. The van der Waals surface area contributed by atoms with Crippen LogP contribution in [0.15, 0.2) is 60.9 Å². The van der Waals surface area contributed by atoms with Gasteiger partial charge in [-0.3, -0.25) is 4.79 Å². The van der Waals surface area contributed by atoms with Gasteiger partial charge in [0.05, 0.1) is 23.8 Å². The van der Waals surface area contributed by atoms with Crippen LogP contribution < -0.4 is 0 Å². The molecule has 2 heterocycles. The van der Waals surface area contributed by atoms with E-state index in [1.165, 1.54) is 11.1 Å². The molecule has 30 heavy (non-hydrogen) atoms. The summed E-state index contributed by atoms with van der Waals surface area (Å²) in [5.74, 6) is 0.595. The third-order valence-corrected chi connectivity index (χ3v) is 5.10. The average molecular weight is 400 g/mol. The van der Waals surface area contributed by atoms with Crippen LogP contribution in [0.5, 0.6) is 0 Å². The van der Waals surface area contributed by atoms with Crippen molar-refractivity contribution < 1.29 is 4.79 Å². The Kier molecular flexibility index (Phi) is 5.27. The minimum absolute atomic E-state index is 0.227. The molecule has 0 aliphatic carbocycles. The van der Waals surface area contributed by atoms with E-state index < -0.39 is 0 Å². The molecule has 2 aromatic carbocycles. The lowest BCUT2D eigenvalue weighted by Crippen LogP contribution is -2.02. The summed E-state index contributed by atoms with van der Waals surface area (Å²) in [6.45, 7) is 8.58. The summed E-state index contributed by atoms with van der Waals surface area (Å²) in [5.41, 5.74) is 4.64. The lowest BCUT2D eigenvalue weighted by atomic mass is 10.0. The highest BCUT2D eigenvalue weighted by Gasteiger charge is 2.18. The van der Waals surface area contributed by atoms with E-state index in [2.05, 4.69) is 72.6 Å². The summed E-state index contributed by atoms with van der Waals surface area (Å²) in [6, 6.07) is 16.1. The molecule has 4 aromatic rings. The van der Waals surface area contributed by atoms with Crippen LogP contribution in [0.3, 0.4) is 0 Å². The summed E-state index contributed by atoms with van der Waals surface area (Å²) in [5, 5.41) is 16.2. The van der Waals surface area contributed by atoms with Crippen LogP contribution >= 0.6 is 0 Å². The number of rotatable bonds is 6. The van der Waals surface area contributed by atoms with Crippen LogP contribution in [0.4, 0.5) is 0 Å². The first-order valence-electron chi connectivity index (χ1n) is 10.0. The predicted octanol–water partition coefficient (Wildman–Crippen LogP) is 4.33. The fraction of sp³-hybridized carbons (Fsp3) is 0.261. The molecule has 0 amide bonds. The van der Waals surface area contributed by atoms with E-state index >= 15 is 0 Å². The highest BCUT2D eigenvalue weighted by atomic mass is 16.1. The van der Waals surface area contributed by atoms with E-state index in [4.69, 9.17) is 0 Å². The lowest BCUT2D eigenvalue weighted by molar-refractivity contribution is 0.102. The van der Waals surface area contributed by atoms with Gasteiger partial charge in [0.2, 0.25) is 5.78 Å². The minimum atomic E-state index is -0.315. The molecule has 0 radical (unpaired) electrons. The van der Waals surface area contributed by atoms with Crippen molar-refractivity contribution in [1.82, 2.24) is 30.0 Å². The summed E-state index contributed by atoms with van der Waals surface area (Å²) >= 11 is 0. The van der Waals surface area contributed by atoms with Crippen LogP contribution in [0.2, 0.25) is 0 Å². The largest absolute Gasteiger partial charge is 0.285 e. The fourth-order valence-corrected chi connectivity index (χ4v) is 3.14. The lowest BCUT2D eigenvalue weighted by Gasteiger charge is -2.06. The van der Waals surface area contributed by atoms with Gasteiger partial charge < -0.3 is 0 Å². The van der Waals surface area contributed by atoms with Gasteiger partial charge in [-0.1, -0.05) is 62.4 Å². The number of hydrogen-bond donors (Lipinski definition) is 0. The van der Waals surface area contributed by atoms with Crippen molar-refractivity contribution in [3.8, 4) is 11.4 Å². The zero-order chi connectivity index (χ0) is 21.3. The maximum Gasteiger partial charge on any atom is 0.236 e. The van der Waals surface area contributed by atoms with Gasteiger partial charge in [0.15, 0.2) is 11.4 Å². The molecular weight excluding hydrogens is 376 g/mol. The number of hydrogen-bond acceptors (Lipinski definition) is 5. The van der Waals surface area contributed by atoms with Crippen LogP contribution in [-0.4, -0.2) is 35.8 Å². The summed E-state index contributed by atoms with van der Waals surface area (Å²) in [7, 11) is 0. The van der Waals surface area contributed by atoms with Gasteiger partial charge in [-0.05, 0) is 47.2 Å². The number of carbonyl (C=O) groups is 1. The second-order valence-electron chi connectivity index (χ2n) is 7.92. The third-order valence-electron chi connectivity index (χ3n) is 5.10. The normalized spacial score (nSPS) is 11.4. The van der Waals surface area contributed by atoms with E-state index in [9.17, 15) is 4.79 Å². The van der Waals surface area contributed by atoms with Crippen LogP contribution in [0.1, 0.15) is 66.8 Å². The van der Waals surface area contributed by atoms with Gasteiger partial charge in [0.25, 0.3) is 0 Å². The van der Waals surface area contributed by atoms with Crippen molar-refractivity contribution in [3.05, 3.63) is 83.4 Å². The number of nitrogens with zero attached hydrogens (tertiary/aromatic N) is 6. The molecule has 0 saturated heterocycles. The average Bonchev–Trinajstić information content (AvgIpc) is 3.44. The van der Waals surface area contributed by atoms with Crippen molar-refractivity contribution in [1.29, 1.82) is 0 Å². The summed E-state index contributed by atoms with van der Waals surface area (Å²) in [4.78, 5) is 12.8. The van der Waals surface area contributed by atoms with Gasteiger partial charge in [0.1, 0.15) is 0 Å². The topological polar surface area (TPSA) is 78.5 Å². The molecule has 0 aliphatic heterocycles. The first kappa shape index (κ1) is 19.7. The molecule has 0 bridgehead atoms. The van der Waals surface area contributed by atoms with E-state index in [0.29, 0.717) is 11.8 Å². The SMILES string of the molecule is CC(C)c1ccc(-n2cc(C(=O)c3cn(-c4ccc(C(C)C)cc4)nn3)nn2)cc1. The predicted molar refractivity (Wildman–Crippen MR) is 114 cm³/mol. The Morgan fingerprint density at radius 1 is 0.667 bits per heavy atom. The van der Waals surface area contributed by atoms with Crippen LogP contribution in [-0.2, 0) is 0 Å². The number of carbonyl (C=O) groups excluding carboxylic acids is 1. The molecule has 0 N–H and O–H groups in total. The van der Waals surface area contributed by atoms with Crippen molar-refractivity contribution in [2.75, 3.05) is 0 Å². The molecule has 4 rings (SSSR count). The Morgan fingerprint density at radius 3 is 1.37 bits per heavy atom.